The minimum absolute atomic E-state index is 0.0490. The molecule has 166 valence electrons. The highest BCUT2D eigenvalue weighted by Gasteiger charge is 2.25. The van der Waals surface area contributed by atoms with Gasteiger partial charge in [0.2, 0.25) is 11.6 Å². The Balaban J connectivity index is 1.69. The number of nitro groups is 1. The quantitative estimate of drug-likeness (QED) is 0.249. The molecule has 4 rings (SSSR count). The summed E-state index contributed by atoms with van der Waals surface area (Å²) < 4.78 is 32.3. The maximum Gasteiger partial charge on any atom is 0.294 e. The lowest BCUT2D eigenvalue weighted by molar-refractivity contribution is -0.384. The number of halogens is 2. The molecule has 33 heavy (non-hydrogen) atoms. The summed E-state index contributed by atoms with van der Waals surface area (Å²) in [5.74, 6) is -2.73. The van der Waals surface area contributed by atoms with Crippen molar-refractivity contribution in [2.24, 2.45) is 5.10 Å². The van der Waals surface area contributed by atoms with E-state index in [9.17, 15) is 23.7 Å². The van der Waals surface area contributed by atoms with Gasteiger partial charge < -0.3 is 5.73 Å². The molecule has 0 aliphatic heterocycles. The third kappa shape index (κ3) is 4.22. The number of hydrazone groups is 1. The van der Waals surface area contributed by atoms with Crippen LogP contribution >= 0.6 is 0 Å². The van der Waals surface area contributed by atoms with Crippen LogP contribution in [0.1, 0.15) is 16.1 Å². The lowest BCUT2D eigenvalue weighted by Gasteiger charge is -2.05. The van der Waals surface area contributed by atoms with Crippen LogP contribution in [0, 0.1) is 21.7 Å². The molecule has 0 saturated heterocycles. The van der Waals surface area contributed by atoms with E-state index >= 15 is 0 Å². The Kier molecular flexibility index (Phi) is 5.50. The first-order valence-corrected chi connectivity index (χ1v) is 8.92. The Hall–Kier alpha value is -5.08. The van der Waals surface area contributed by atoms with Gasteiger partial charge in [0, 0.05) is 29.3 Å². The van der Waals surface area contributed by atoms with Crippen molar-refractivity contribution in [1.29, 1.82) is 0 Å². The predicted octanol–water partition coefficient (Wildman–Crippen LogP) is 1.85. The Labute approximate surface area is 181 Å². The SMILES string of the molecule is Nc1nonc1-n1nnc(C(=O)N/N=C\c2ccc(F)cc2F)c1-c1ccc([N+](=O)[O-])cc1. The van der Waals surface area contributed by atoms with Crippen LogP contribution in [0.5, 0.6) is 0 Å². The minimum atomic E-state index is -0.875. The van der Waals surface area contributed by atoms with Gasteiger partial charge in [0.05, 0.1) is 11.1 Å². The van der Waals surface area contributed by atoms with E-state index in [1.165, 1.54) is 24.3 Å². The van der Waals surface area contributed by atoms with Gasteiger partial charge in [-0.1, -0.05) is 5.21 Å². The number of amides is 1. The monoisotopic (exact) mass is 455 g/mol. The fourth-order valence-electron chi connectivity index (χ4n) is 2.74. The number of nitrogens with one attached hydrogen (secondary N) is 1. The van der Waals surface area contributed by atoms with Crippen molar-refractivity contribution >= 4 is 23.6 Å². The molecule has 2 heterocycles. The second-order valence-corrected chi connectivity index (χ2v) is 6.34. The summed E-state index contributed by atoms with van der Waals surface area (Å²) in [6.07, 6.45) is 0.974. The molecular weight excluding hydrogens is 444 g/mol. The van der Waals surface area contributed by atoms with Crippen molar-refractivity contribution in [3.8, 4) is 17.1 Å². The second kappa shape index (κ2) is 8.58. The molecular formula is C18H11F2N9O4. The minimum Gasteiger partial charge on any atom is -0.378 e. The molecule has 1 amide bonds. The fraction of sp³-hybridized carbons (Fsp3) is 0. The van der Waals surface area contributed by atoms with Crippen LogP contribution in [0.3, 0.4) is 0 Å². The van der Waals surface area contributed by atoms with Gasteiger partial charge in [0.15, 0.2) is 5.69 Å². The number of non-ortho nitro benzene ring substituents is 1. The van der Waals surface area contributed by atoms with E-state index in [1.807, 2.05) is 0 Å². The molecule has 2 aromatic carbocycles. The van der Waals surface area contributed by atoms with E-state index in [1.54, 1.807) is 0 Å². The summed E-state index contributed by atoms with van der Waals surface area (Å²) in [6.45, 7) is 0. The van der Waals surface area contributed by atoms with Crippen LogP contribution in [0.25, 0.3) is 17.1 Å². The highest BCUT2D eigenvalue weighted by Crippen LogP contribution is 2.28. The van der Waals surface area contributed by atoms with Crippen LogP contribution in [0.15, 0.2) is 52.2 Å². The first kappa shape index (κ1) is 21.2. The van der Waals surface area contributed by atoms with Crippen molar-refractivity contribution < 1.29 is 23.1 Å². The molecule has 0 unspecified atom stereocenters. The van der Waals surface area contributed by atoms with E-state index in [-0.39, 0.29) is 34.3 Å². The number of nitrogens with two attached hydrogens (primary N) is 1. The molecule has 0 aliphatic rings. The number of hydrogen-bond donors (Lipinski definition) is 2. The topological polar surface area (TPSA) is 180 Å². The van der Waals surface area contributed by atoms with Gasteiger partial charge in [-0.2, -0.15) is 9.78 Å². The maximum absolute atomic E-state index is 13.7. The van der Waals surface area contributed by atoms with Crippen LogP contribution in [0.4, 0.5) is 20.3 Å². The Morgan fingerprint density at radius 3 is 2.61 bits per heavy atom. The third-order valence-corrected chi connectivity index (χ3v) is 4.27. The largest absolute Gasteiger partial charge is 0.378 e. The van der Waals surface area contributed by atoms with Gasteiger partial charge in [-0.05, 0) is 34.6 Å². The van der Waals surface area contributed by atoms with Gasteiger partial charge in [-0.15, -0.1) is 5.10 Å². The van der Waals surface area contributed by atoms with Crippen molar-refractivity contribution in [2.45, 2.75) is 0 Å². The molecule has 0 aliphatic carbocycles. The first-order chi connectivity index (χ1) is 15.8. The van der Waals surface area contributed by atoms with E-state index < -0.39 is 22.5 Å². The Morgan fingerprint density at radius 1 is 1.21 bits per heavy atom. The zero-order valence-corrected chi connectivity index (χ0v) is 16.2. The molecule has 0 radical (unpaired) electrons. The summed E-state index contributed by atoms with van der Waals surface area (Å²) >= 11 is 0. The highest BCUT2D eigenvalue weighted by atomic mass is 19.1. The zero-order valence-electron chi connectivity index (χ0n) is 16.2. The maximum atomic E-state index is 13.7. The molecule has 0 spiro atoms. The average molecular weight is 455 g/mol. The number of nitro benzene ring substituents is 1. The number of carbonyl (C=O) groups is 1. The first-order valence-electron chi connectivity index (χ1n) is 8.92. The Morgan fingerprint density at radius 2 is 1.97 bits per heavy atom. The number of hydrogen-bond acceptors (Lipinski definition) is 10. The van der Waals surface area contributed by atoms with E-state index in [0.29, 0.717) is 11.6 Å². The lowest BCUT2D eigenvalue weighted by Crippen LogP contribution is -2.19. The summed E-state index contributed by atoms with van der Waals surface area (Å²) in [7, 11) is 0. The van der Waals surface area contributed by atoms with Crippen molar-refractivity contribution in [3.05, 3.63) is 75.5 Å². The summed E-state index contributed by atoms with van der Waals surface area (Å²) in [5.41, 5.74) is 7.70. The average Bonchev–Trinajstić information content (AvgIpc) is 3.41. The molecule has 13 nitrogen and oxygen atoms in total. The summed E-state index contributed by atoms with van der Waals surface area (Å²) in [5, 5.41) is 29.3. The van der Waals surface area contributed by atoms with Gasteiger partial charge in [0.25, 0.3) is 11.6 Å². The number of nitrogen functional groups attached to an aromatic ring is 1. The van der Waals surface area contributed by atoms with E-state index in [4.69, 9.17) is 5.73 Å². The molecule has 2 aromatic heterocycles. The van der Waals surface area contributed by atoms with Gasteiger partial charge in [0.1, 0.15) is 17.3 Å². The third-order valence-electron chi connectivity index (χ3n) is 4.27. The van der Waals surface area contributed by atoms with Crippen LogP contribution in [-0.4, -0.2) is 42.4 Å². The molecule has 0 saturated carbocycles. The van der Waals surface area contributed by atoms with Crippen LogP contribution in [0.2, 0.25) is 0 Å². The number of anilines is 1. The van der Waals surface area contributed by atoms with E-state index in [0.717, 1.165) is 23.0 Å². The molecule has 0 atom stereocenters. The second-order valence-electron chi connectivity index (χ2n) is 6.34. The van der Waals surface area contributed by atoms with Gasteiger partial charge in [-0.3, -0.25) is 14.9 Å². The molecule has 0 bridgehead atoms. The van der Waals surface area contributed by atoms with Crippen molar-refractivity contribution in [3.63, 3.8) is 0 Å². The molecule has 0 fully saturated rings. The summed E-state index contributed by atoms with van der Waals surface area (Å²) in [4.78, 5) is 23.1. The van der Waals surface area contributed by atoms with Gasteiger partial charge in [-0.25, -0.2) is 18.8 Å². The van der Waals surface area contributed by atoms with Crippen LogP contribution in [-0.2, 0) is 0 Å². The lowest BCUT2D eigenvalue weighted by atomic mass is 10.1. The number of benzene rings is 2. The Bertz CT molecular complexity index is 1380. The van der Waals surface area contributed by atoms with Crippen molar-refractivity contribution in [2.75, 3.05) is 5.73 Å². The zero-order chi connectivity index (χ0) is 23.5. The normalized spacial score (nSPS) is 11.1. The van der Waals surface area contributed by atoms with Crippen molar-refractivity contribution in [1.82, 2.24) is 30.7 Å². The number of aromatic nitrogens is 5. The summed E-state index contributed by atoms with van der Waals surface area (Å²) in [6, 6.07) is 8.00. The number of carbonyl (C=O) groups excluding carboxylic acids is 1. The van der Waals surface area contributed by atoms with Crippen LogP contribution < -0.4 is 11.2 Å². The standard InChI is InChI=1S/C18H11F2N9O4/c19-11-4-1-10(13(20)7-11)8-22-24-18(30)14-15(9-2-5-12(6-3-9)29(31)32)28(27-23-14)17-16(21)25-33-26-17/h1-8H,(H2,21,25)(H,24,30)/b22-8-. The van der Waals surface area contributed by atoms with Gasteiger partial charge >= 0.3 is 0 Å². The molecule has 3 N–H and O–H groups in total. The fourth-order valence-corrected chi connectivity index (χ4v) is 2.74. The number of nitrogens with zero attached hydrogens (tertiary/aromatic N) is 7. The predicted molar refractivity (Wildman–Crippen MR) is 107 cm³/mol. The molecule has 15 heteroatoms. The smallest absolute Gasteiger partial charge is 0.294 e. The molecule has 4 aromatic rings. The number of rotatable bonds is 6. The van der Waals surface area contributed by atoms with E-state index in [2.05, 4.69) is 35.8 Å². The highest BCUT2D eigenvalue weighted by molar-refractivity contribution is 5.98.